The molecule has 0 spiro atoms. The van der Waals surface area contributed by atoms with E-state index < -0.39 is 12.0 Å². The molecule has 0 bridgehead atoms. The van der Waals surface area contributed by atoms with Crippen molar-refractivity contribution >= 4 is 23.3 Å². The third-order valence-corrected chi connectivity index (χ3v) is 4.27. The van der Waals surface area contributed by atoms with E-state index in [4.69, 9.17) is 10.5 Å². The molecule has 0 aliphatic rings. The third kappa shape index (κ3) is 5.07. The maximum Gasteiger partial charge on any atom is 0.265 e. The van der Waals surface area contributed by atoms with Crippen molar-refractivity contribution in [2.45, 2.75) is 13.0 Å². The number of primary amides is 1. The van der Waals surface area contributed by atoms with Crippen molar-refractivity contribution in [1.29, 1.82) is 0 Å². The van der Waals surface area contributed by atoms with Crippen LogP contribution >= 0.6 is 0 Å². The van der Waals surface area contributed by atoms with Crippen LogP contribution in [0.1, 0.15) is 33.2 Å². The SMILES string of the molecule is C[C@H](Oc1ccc(C(=O)c2ccccc2)cc1)C(=O)Nc1ccc(C(N)=O)cc1. The van der Waals surface area contributed by atoms with Crippen LogP contribution in [-0.4, -0.2) is 23.7 Å². The zero-order chi connectivity index (χ0) is 20.8. The van der Waals surface area contributed by atoms with Gasteiger partial charge in [-0.25, -0.2) is 0 Å². The molecule has 0 fully saturated rings. The van der Waals surface area contributed by atoms with Gasteiger partial charge in [0.15, 0.2) is 11.9 Å². The van der Waals surface area contributed by atoms with Gasteiger partial charge in [-0.3, -0.25) is 14.4 Å². The second-order valence-electron chi connectivity index (χ2n) is 6.41. The smallest absolute Gasteiger partial charge is 0.265 e. The number of ketones is 1. The predicted octanol–water partition coefficient (Wildman–Crippen LogP) is 3.42. The fourth-order valence-corrected chi connectivity index (χ4v) is 2.66. The lowest BCUT2D eigenvalue weighted by Gasteiger charge is -2.15. The molecule has 6 heteroatoms. The summed E-state index contributed by atoms with van der Waals surface area (Å²) in [5.74, 6) is -0.487. The van der Waals surface area contributed by atoms with Gasteiger partial charge in [-0.15, -0.1) is 0 Å². The second kappa shape index (κ2) is 8.84. The molecule has 0 radical (unpaired) electrons. The Kier molecular flexibility index (Phi) is 6.04. The van der Waals surface area contributed by atoms with Crippen molar-refractivity contribution in [3.05, 3.63) is 95.6 Å². The highest BCUT2D eigenvalue weighted by molar-refractivity contribution is 6.09. The average molecular weight is 388 g/mol. The molecule has 0 saturated carbocycles. The first-order valence-electron chi connectivity index (χ1n) is 9.01. The molecule has 3 N–H and O–H groups in total. The number of hydrogen-bond donors (Lipinski definition) is 2. The molecule has 0 heterocycles. The molecule has 3 rings (SSSR count). The van der Waals surface area contributed by atoms with E-state index in [9.17, 15) is 14.4 Å². The first-order chi connectivity index (χ1) is 13.9. The van der Waals surface area contributed by atoms with Gasteiger partial charge in [-0.05, 0) is 55.5 Å². The van der Waals surface area contributed by atoms with Gasteiger partial charge < -0.3 is 15.8 Å². The molecule has 0 saturated heterocycles. The lowest BCUT2D eigenvalue weighted by Crippen LogP contribution is -2.30. The highest BCUT2D eigenvalue weighted by atomic mass is 16.5. The molecule has 0 aliphatic carbocycles. The van der Waals surface area contributed by atoms with Crippen LogP contribution < -0.4 is 15.8 Å². The normalized spacial score (nSPS) is 11.3. The summed E-state index contributed by atoms with van der Waals surface area (Å²) >= 11 is 0. The summed E-state index contributed by atoms with van der Waals surface area (Å²) in [7, 11) is 0. The maximum atomic E-state index is 12.4. The summed E-state index contributed by atoms with van der Waals surface area (Å²) in [6, 6.07) is 21.9. The Labute approximate surface area is 168 Å². The van der Waals surface area contributed by atoms with Crippen LogP contribution in [0.25, 0.3) is 0 Å². The van der Waals surface area contributed by atoms with Crippen LogP contribution in [0.2, 0.25) is 0 Å². The van der Waals surface area contributed by atoms with Crippen LogP contribution in [0.15, 0.2) is 78.9 Å². The first kappa shape index (κ1) is 19.8. The largest absolute Gasteiger partial charge is 0.481 e. The zero-order valence-electron chi connectivity index (χ0n) is 15.8. The van der Waals surface area contributed by atoms with Crippen LogP contribution in [-0.2, 0) is 4.79 Å². The summed E-state index contributed by atoms with van der Waals surface area (Å²) in [5, 5.41) is 2.71. The molecule has 29 heavy (non-hydrogen) atoms. The van der Waals surface area contributed by atoms with Gasteiger partial charge in [0.1, 0.15) is 5.75 Å². The molecule has 0 unspecified atom stereocenters. The van der Waals surface area contributed by atoms with Crippen molar-refractivity contribution < 1.29 is 19.1 Å². The Bertz CT molecular complexity index is 1010. The van der Waals surface area contributed by atoms with Gasteiger partial charge in [0.2, 0.25) is 5.91 Å². The Morgan fingerprint density at radius 1 is 0.793 bits per heavy atom. The fourth-order valence-electron chi connectivity index (χ4n) is 2.66. The van der Waals surface area contributed by atoms with Crippen molar-refractivity contribution in [3.63, 3.8) is 0 Å². The van der Waals surface area contributed by atoms with E-state index >= 15 is 0 Å². The van der Waals surface area contributed by atoms with Gasteiger partial charge >= 0.3 is 0 Å². The standard InChI is InChI=1S/C23H20N2O4/c1-15(23(28)25-19-11-7-18(8-12-19)22(24)27)29-20-13-9-17(10-14-20)21(26)16-5-3-2-4-6-16/h2-15H,1H3,(H2,24,27)(H,25,28)/t15-/m0/s1. The summed E-state index contributed by atoms with van der Waals surface area (Å²) in [6.45, 7) is 1.62. The maximum absolute atomic E-state index is 12.4. The lowest BCUT2D eigenvalue weighted by molar-refractivity contribution is -0.122. The van der Waals surface area contributed by atoms with Crippen LogP contribution in [0.4, 0.5) is 5.69 Å². The molecule has 1 atom stereocenters. The van der Waals surface area contributed by atoms with Gasteiger partial charge in [0.05, 0.1) is 0 Å². The zero-order valence-corrected chi connectivity index (χ0v) is 15.8. The van der Waals surface area contributed by atoms with Crippen LogP contribution in [0.5, 0.6) is 5.75 Å². The third-order valence-electron chi connectivity index (χ3n) is 4.27. The van der Waals surface area contributed by atoms with E-state index in [1.165, 1.54) is 12.1 Å². The highest BCUT2D eigenvalue weighted by Gasteiger charge is 2.16. The molecular formula is C23H20N2O4. The van der Waals surface area contributed by atoms with E-state index in [1.54, 1.807) is 55.5 Å². The highest BCUT2D eigenvalue weighted by Crippen LogP contribution is 2.17. The summed E-state index contributed by atoms with van der Waals surface area (Å²) in [6.07, 6.45) is -0.763. The minimum Gasteiger partial charge on any atom is -0.481 e. The van der Waals surface area contributed by atoms with Crippen molar-refractivity contribution in [2.24, 2.45) is 5.73 Å². The van der Waals surface area contributed by atoms with E-state index in [-0.39, 0.29) is 11.7 Å². The van der Waals surface area contributed by atoms with Crippen molar-refractivity contribution in [2.75, 3.05) is 5.32 Å². The van der Waals surface area contributed by atoms with Gasteiger partial charge in [-0.1, -0.05) is 30.3 Å². The van der Waals surface area contributed by atoms with Crippen molar-refractivity contribution in [3.8, 4) is 5.75 Å². The van der Waals surface area contributed by atoms with E-state index in [0.717, 1.165) is 0 Å². The molecular weight excluding hydrogens is 368 g/mol. The Balaban J connectivity index is 1.59. The lowest BCUT2D eigenvalue weighted by atomic mass is 10.0. The van der Waals surface area contributed by atoms with Gasteiger partial charge in [0, 0.05) is 22.4 Å². The van der Waals surface area contributed by atoms with Gasteiger partial charge in [-0.2, -0.15) is 0 Å². The Morgan fingerprint density at radius 3 is 1.93 bits per heavy atom. The number of rotatable bonds is 7. The fraction of sp³-hybridized carbons (Fsp3) is 0.0870. The average Bonchev–Trinajstić information content (AvgIpc) is 2.74. The number of benzene rings is 3. The summed E-state index contributed by atoms with van der Waals surface area (Å²) in [4.78, 5) is 35.8. The second-order valence-corrected chi connectivity index (χ2v) is 6.41. The van der Waals surface area contributed by atoms with E-state index in [1.807, 2.05) is 18.2 Å². The monoisotopic (exact) mass is 388 g/mol. The number of ether oxygens (including phenoxy) is 1. The van der Waals surface area contributed by atoms with E-state index in [2.05, 4.69) is 5.32 Å². The molecule has 6 nitrogen and oxygen atoms in total. The molecule has 2 amide bonds. The first-order valence-corrected chi connectivity index (χ1v) is 9.01. The summed E-state index contributed by atoms with van der Waals surface area (Å²) < 4.78 is 5.65. The number of hydrogen-bond acceptors (Lipinski definition) is 4. The minimum atomic E-state index is -0.763. The summed E-state index contributed by atoms with van der Waals surface area (Å²) in [5.41, 5.74) is 7.22. The molecule has 3 aromatic carbocycles. The molecule has 0 aliphatic heterocycles. The topological polar surface area (TPSA) is 98.5 Å². The number of amides is 2. The van der Waals surface area contributed by atoms with Gasteiger partial charge in [0.25, 0.3) is 5.91 Å². The number of carbonyl (C=O) groups excluding carboxylic acids is 3. The number of nitrogens with two attached hydrogens (primary N) is 1. The Morgan fingerprint density at radius 2 is 1.34 bits per heavy atom. The number of carbonyl (C=O) groups is 3. The molecule has 146 valence electrons. The van der Waals surface area contributed by atoms with Crippen LogP contribution in [0, 0.1) is 0 Å². The number of anilines is 1. The van der Waals surface area contributed by atoms with E-state index in [0.29, 0.717) is 28.1 Å². The van der Waals surface area contributed by atoms with Crippen molar-refractivity contribution in [1.82, 2.24) is 0 Å². The predicted molar refractivity (Wildman–Crippen MR) is 110 cm³/mol. The number of nitrogens with one attached hydrogen (secondary N) is 1. The Hall–Kier alpha value is -3.93. The minimum absolute atomic E-state index is 0.0812. The van der Waals surface area contributed by atoms with Crippen LogP contribution in [0.3, 0.4) is 0 Å². The quantitative estimate of drug-likeness (QED) is 0.606. The molecule has 3 aromatic rings. The molecule has 0 aromatic heterocycles.